The topological polar surface area (TPSA) is 304 Å². The summed E-state index contributed by atoms with van der Waals surface area (Å²) in [4.78, 5) is 25.1. The predicted octanol–water partition coefficient (Wildman–Crippen LogP) is 7.22. The summed E-state index contributed by atoms with van der Waals surface area (Å²) in [5, 5.41) is 72.6. The Labute approximate surface area is 355 Å². The quantitative estimate of drug-likeness (QED) is 0.0442. The predicted molar refractivity (Wildman–Crippen MR) is 225 cm³/mol. The van der Waals surface area contributed by atoms with Gasteiger partial charge in [0.2, 0.25) is 6.04 Å². The summed E-state index contributed by atoms with van der Waals surface area (Å²) >= 11 is 6.68. The van der Waals surface area contributed by atoms with Crippen LogP contribution in [-0.2, 0) is 19.7 Å². The van der Waals surface area contributed by atoms with Crippen molar-refractivity contribution in [3.05, 3.63) is 102 Å². The van der Waals surface area contributed by atoms with Gasteiger partial charge in [-0.25, -0.2) is 0 Å². The molecule has 1 unspecified atom stereocenters. The van der Waals surface area contributed by atoms with Gasteiger partial charge in [-0.3, -0.25) is 14.1 Å². The number of rotatable bonds is 15. The van der Waals surface area contributed by atoms with Gasteiger partial charge >= 0.3 is 0 Å². The fraction of sp³-hybridized carbons (Fsp3) is 0.125. The second-order valence-electron chi connectivity index (χ2n) is 13.0. The lowest BCUT2D eigenvalue weighted by atomic mass is 10.1. The first-order valence-electron chi connectivity index (χ1n) is 18.1. The molecule has 0 aliphatic carbocycles. The Morgan fingerprint density at radius 2 is 1.34 bits per heavy atom. The summed E-state index contributed by atoms with van der Waals surface area (Å²) in [6.45, 7) is -0.928. The Morgan fingerprint density at radius 3 is 1.95 bits per heavy atom. The molecule has 1 aliphatic rings. The zero-order chi connectivity index (χ0) is 44.1. The second-order valence-corrected chi connectivity index (χ2v) is 14.8. The summed E-state index contributed by atoms with van der Waals surface area (Å²) in [6.07, 6.45) is 0. The number of benzene rings is 6. The van der Waals surface area contributed by atoms with E-state index in [1.54, 1.807) is 18.2 Å². The largest absolute Gasteiger partial charge is 0.507 e. The van der Waals surface area contributed by atoms with Crippen LogP contribution >= 0.6 is 11.6 Å². The number of fused-ring (bicyclic) bond motifs is 2. The number of carbonyl (C=O) groups excluding carboxylic acids is 2. The number of azo groups is 3. The number of nitrogens with zero attached hydrogens (tertiary/aromatic N) is 8. The van der Waals surface area contributed by atoms with Gasteiger partial charge in [-0.15, -0.1) is 20.5 Å². The molecule has 0 saturated carbocycles. The Bertz CT molecular complexity index is 2980. The van der Waals surface area contributed by atoms with E-state index in [2.05, 4.69) is 35.8 Å². The number of hydrogen-bond donors (Lipinski definition) is 6. The molecule has 0 fully saturated rings. The molecular weight excluding hydrogens is 850 g/mol. The zero-order valence-corrected chi connectivity index (χ0v) is 33.3. The smallest absolute Gasteiger partial charge is 0.294 e. The molecule has 1 atom stereocenters. The van der Waals surface area contributed by atoms with Gasteiger partial charge in [0.05, 0.1) is 39.9 Å². The van der Waals surface area contributed by atoms with Crippen molar-refractivity contribution in [2.75, 3.05) is 31.4 Å². The zero-order valence-electron chi connectivity index (χ0n) is 31.8. The van der Waals surface area contributed by atoms with E-state index in [0.29, 0.717) is 16.5 Å². The van der Waals surface area contributed by atoms with Crippen LogP contribution < -0.4 is 20.2 Å². The third-order valence-electron chi connectivity index (χ3n) is 9.02. The summed E-state index contributed by atoms with van der Waals surface area (Å²) in [5.74, 6) is -2.00. The van der Waals surface area contributed by atoms with E-state index in [4.69, 9.17) is 26.8 Å². The normalized spacial score (nSPS) is 14.5. The Hall–Kier alpha value is -7.43. The van der Waals surface area contributed by atoms with Gasteiger partial charge in [0.15, 0.2) is 11.5 Å². The highest BCUT2D eigenvalue weighted by molar-refractivity contribution is 7.85. The average Bonchev–Trinajstić information content (AvgIpc) is 3.59. The lowest BCUT2D eigenvalue weighted by molar-refractivity contribution is -0.118. The van der Waals surface area contributed by atoms with E-state index in [1.165, 1.54) is 54.6 Å². The molecule has 0 saturated heterocycles. The highest BCUT2D eigenvalue weighted by atomic mass is 35.5. The number of aliphatic hydroxyl groups is 2. The maximum Gasteiger partial charge on any atom is 0.294 e. The first-order valence-corrected chi connectivity index (χ1v) is 19.9. The standard InChI is InChI=1S/C40H32ClN9O11S/c41-35-24-11-14-28(38(54)25(24)12-13-27(35)44-48-37-36(39(42)55)49-50(40(37)56)22-7-9-23(10-8-22)62(57,58)59)45-47-30-20-32(60-17-15-51)29(19-33(30)61-18-16-52)46-43-26-5-1-3-21-4-2-6-31(53)34(21)26/h1-14,19-20,37,51-54H,15-18H2,(H2,42,55)(H,57,58,59). The summed E-state index contributed by atoms with van der Waals surface area (Å²) in [5.41, 5.74) is 5.72. The minimum Gasteiger partial charge on any atom is -0.507 e. The summed E-state index contributed by atoms with van der Waals surface area (Å²) in [7, 11) is -4.51. The minimum atomic E-state index is -4.51. The van der Waals surface area contributed by atoms with Gasteiger partial charge in [-0.1, -0.05) is 41.9 Å². The van der Waals surface area contributed by atoms with Crippen molar-refractivity contribution < 1.29 is 52.5 Å². The fourth-order valence-electron chi connectivity index (χ4n) is 6.12. The van der Waals surface area contributed by atoms with Crippen molar-refractivity contribution in [2.45, 2.75) is 10.9 Å². The number of primary amides is 1. The fourth-order valence-corrected chi connectivity index (χ4v) is 6.87. The molecule has 316 valence electrons. The molecular formula is C40H32ClN9O11S. The molecule has 0 aromatic heterocycles. The molecule has 6 aromatic rings. The van der Waals surface area contributed by atoms with Gasteiger partial charge in [0.25, 0.3) is 21.9 Å². The van der Waals surface area contributed by atoms with Crippen molar-refractivity contribution in [1.29, 1.82) is 0 Å². The summed E-state index contributed by atoms with van der Waals surface area (Å²) in [6, 6.07) is 21.8. The number of amides is 2. The number of anilines is 1. The van der Waals surface area contributed by atoms with Crippen LogP contribution in [0.3, 0.4) is 0 Å². The number of phenols is 2. The van der Waals surface area contributed by atoms with Crippen LogP contribution in [0.1, 0.15) is 0 Å². The van der Waals surface area contributed by atoms with Crippen LogP contribution in [-0.4, -0.2) is 83.4 Å². The molecule has 7 N–H and O–H groups in total. The second kappa shape index (κ2) is 18.0. The van der Waals surface area contributed by atoms with Crippen LogP contribution in [0, 0.1) is 0 Å². The molecule has 0 bridgehead atoms. The maximum atomic E-state index is 13.3. The van der Waals surface area contributed by atoms with E-state index >= 15 is 0 Å². The van der Waals surface area contributed by atoms with Crippen LogP contribution in [0.5, 0.6) is 23.0 Å². The van der Waals surface area contributed by atoms with Crippen molar-refractivity contribution in [3.8, 4) is 23.0 Å². The molecule has 62 heavy (non-hydrogen) atoms. The average molecular weight is 882 g/mol. The minimum absolute atomic E-state index is 0.000430. The number of hydrazone groups is 1. The monoisotopic (exact) mass is 881 g/mol. The molecule has 1 heterocycles. The highest BCUT2D eigenvalue weighted by Gasteiger charge is 2.40. The van der Waals surface area contributed by atoms with Crippen LogP contribution in [0.15, 0.2) is 138 Å². The number of ether oxygens (including phenoxy) is 2. The lowest BCUT2D eigenvalue weighted by Crippen LogP contribution is -2.35. The third-order valence-corrected chi connectivity index (χ3v) is 10.3. The van der Waals surface area contributed by atoms with Gasteiger partial charge in [-0.05, 0) is 60.0 Å². The van der Waals surface area contributed by atoms with E-state index < -0.39 is 38.6 Å². The van der Waals surface area contributed by atoms with Crippen LogP contribution in [0.2, 0.25) is 5.02 Å². The van der Waals surface area contributed by atoms with E-state index in [1.807, 2.05) is 12.1 Å². The number of carbonyl (C=O) groups is 2. The SMILES string of the molecule is NC(=O)C1=NN(c2ccc(S(=O)(=O)O)cc2)C(=O)C1N=Nc1ccc2c(O)c(N=Nc3cc(OCCO)c(N=Nc4cccc5cccc(O)c45)cc3OCCO)ccc2c1Cl. The Morgan fingerprint density at radius 1 is 0.758 bits per heavy atom. The first-order chi connectivity index (χ1) is 29.8. The first kappa shape index (κ1) is 42.7. The van der Waals surface area contributed by atoms with Crippen molar-refractivity contribution in [3.63, 3.8) is 0 Å². The molecule has 20 nitrogen and oxygen atoms in total. The molecule has 0 radical (unpaired) electrons. The number of aliphatic hydroxyl groups excluding tert-OH is 2. The molecule has 22 heteroatoms. The maximum absolute atomic E-state index is 13.3. The Balaban J connectivity index is 1.17. The molecule has 0 spiro atoms. The number of phenolic OH excluding ortho intramolecular Hbond substituents is 2. The van der Waals surface area contributed by atoms with Crippen molar-refractivity contribution in [2.24, 2.45) is 41.5 Å². The molecule has 6 aromatic carbocycles. The molecule has 2 amide bonds. The number of hydrogen-bond acceptors (Lipinski definition) is 17. The van der Waals surface area contributed by atoms with Crippen LogP contribution in [0.4, 0.5) is 34.1 Å². The third kappa shape index (κ3) is 8.87. The lowest BCUT2D eigenvalue weighted by Gasteiger charge is -2.13. The highest BCUT2D eigenvalue weighted by Crippen LogP contribution is 2.45. The molecule has 1 aliphatic heterocycles. The van der Waals surface area contributed by atoms with E-state index in [0.717, 1.165) is 22.5 Å². The summed E-state index contributed by atoms with van der Waals surface area (Å²) < 4.78 is 43.6. The molecule has 7 rings (SSSR count). The number of halogens is 1. The van der Waals surface area contributed by atoms with Gasteiger partial charge in [0.1, 0.15) is 53.2 Å². The van der Waals surface area contributed by atoms with Gasteiger partial charge < -0.3 is 35.6 Å². The number of nitrogens with two attached hydrogens (primary N) is 1. The van der Waals surface area contributed by atoms with E-state index in [-0.39, 0.29) is 88.3 Å². The van der Waals surface area contributed by atoms with Gasteiger partial charge in [-0.2, -0.15) is 28.8 Å². The van der Waals surface area contributed by atoms with Gasteiger partial charge in [0, 0.05) is 22.9 Å². The van der Waals surface area contributed by atoms with Crippen LogP contribution in [0.25, 0.3) is 21.5 Å². The van der Waals surface area contributed by atoms with Crippen molar-refractivity contribution in [1.82, 2.24) is 0 Å². The Kier molecular flexibility index (Phi) is 12.4. The van der Waals surface area contributed by atoms with E-state index in [9.17, 15) is 43.0 Å². The number of aromatic hydroxyl groups is 2. The van der Waals surface area contributed by atoms with Crippen molar-refractivity contribution >= 4 is 94.9 Å².